The van der Waals surface area contributed by atoms with Crippen molar-refractivity contribution in [1.29, 1.82) is 0 Å². The van der Waals surface area contributed by atoms with E-state index in [1.807, 2.05) is 0 Å². The molecule has 100 valence electrons. The van der Waals surface area contributed by atoms with Crippen molar-refractivity contribution in [2.45, 2.75) is 45.7 Å². The van der Waals surface area contributed by atoms with Crippen molar-refractivity contribution in [3.05, 3.63) is 0 Å². The van der Waals surface area contributed by atoms with Crippen LogP contribution in [-0.4, -0.2) is 52.0 Å². The van der Waals surface area contributed by atoms with Crippen molar-refractivity contribution >= 4 is 28.0 Å². The van der Waals surface area contributed by atoms with E-state index in [-0.39, 0.29) is 0 Å². The average Bonchev–Trinajstić information content (AvgIpc) is 2.62. The van der Waals surface area contributed by atoms with Crippen LogP contribution in [0.1, 0.15) is 33.6 Å². The van der Waals surface area contributed by atoms with E-state index in [0.717, 1.165) is 25.3 Å². The van der Waals surface area contributed by atoms with Crippen LogP contribution < -0.4 is 0 Å². The Morgan fingerprint density at radius 1 is 1.59 bits per heavy atom. The van der Waals surface area contributed by atoms with Crippen LogP contribution in [0.25, 0.3) is 0 Å². The zero-order valence-corrected chi connectivity index (χ0v) is 13.3. The van der Waals surface area contributed by atoms with Crippen LogP contribution in [-0.2, 0) is 0 Å². The van der Waals surface area contributed by atoms with Crippen LogP contribution in [0.3, 0.4) is 0 Å². The predicted octanol–water partition coefficient (Wildman–Crippen LogP) is 2.06. The quantitative estimate of drug-likeness (QED) is 0.614. The smallest absolute Gasteiger partial charge is 0.139 e. The highest BCUT2D eigenvalue weighted by atomic mass is 32.1. The van der Waals surface area contributed by atoms with E-state index in [9.17, 15) is 0 Å². The van der Waals surface area contributed by atoms with Gasteiger partial charge in [-0.25, -0.2) is 0 Å². The summed E-state index contributed by atoms with van der Waals surface area (Å²) in [5, 5.41) is 6.84. The first-order valence-corrected chi connectivity index (χ1v) is 7.15. The van der Waals surface area contributed by atoms with Crippen molar-refractivity contribution < 1.29 is 0 Å². The van der Waals surface area contributed by atoms with Crippen LogP contribution >= 0.6 is 22.2 Å². The second-order valence-electron chi connectivity index (χ2n) is 4.95. The van der Waals surface area contributed by atoms with Gasteiger partial charge in [0, 0.05) is 19.0 Å². The van der Waals surface area contributed by atoms with Crippen LogP contribution in [0.5, 0.6) is 0 Å². The van der Waals surface area contributed by atoms with Gasteiger partial charge in [0.05, 0.1) is 6.04 Å². The third kappa shape index (κ3) is 4.31. The first-order chi connectivity index (χ1) is 7.95. The standard InChI is InChI=1S/C11H25N4PS/c1-5-6-13(4)8-10-7-11(15(16)17)12-14(10)9(2)3/h9-10,17H,5-8,16H2,1-4H3. The number of nitrogens with zero attached hydrogens (tertiary/aromatic N) is 4. The van der Waals surface area contributed by atoms with Gasteiger partial charge in [-0.3, -0.25) is 9.08 Å². The minimum Gasteiger partial charge on any atom is -0.304 e. The molecule has 0 saturated carbocycles. The van der Waals surface area contributed by atoms with Gasteiger partial charge in [0.25, 0.3) is 0 Å². The topological polar surface area (TPSA) is 22.1 Å². The van der Waals surface area contributed by atoms with E-state index in [1.165, 1.54) is 6.42 Å². The van der Waals surface area contributed by atoms with Crippen LogP contribution in [0.15, 0.2) is 5.10 Å². The summed E-state index contributed by atoms with van der Waals surface area (Å²) in [6.07, 6.45) is 2.17. The Hall–Kier alpha value is 0.01000. The molecule has 0 spiro atoms. The Bertz CT molecular complexity index is 270. The first kappa shape index (κ1) is 15.1. The monoisotopic (exact) mass is 276 g/mol. The zero-order chi connectivity index (χ0) is 13.0. The minimum absolute atomic E-state index is 0.436. The molecule has 2 unspecified atom stereocenters. The zero-order valence-electron chi connectivity index (χ0n) is 11.3. The van der Waals surface area contributed by atoms with E-state index < -0.39 is 0 Å². The summed E-state index contributed by atoms with van der Waals surface area (Å²) >= 11 is 4.30. The lowest BCUT2D eigenvalue weighted by molar-refractivity contribution is 0.143. The van der Waals surface area contributed by atoms with Crippen LogP contribution in [0, 0.1) is 0 Å². The molecular formula is C11H25N4PS. The lowest BCUT2D eigenvalue weighted by Crippen LogP contribution is -2.41. The van der Waals surface area contributed by atoms with Gasteiger partial charge in [0.2, 0.25) is 0 Å². The van der Waals surface area contributed by atoms with Crippen molar-refractivity contribution in [3.63, 3.8) is 0 Å². The summed E-state index contributed by atoms with van der Waals surface area (Å²) in [7, 11) is 4.74. The number of rotatable bonds is 5. The Morgan fingerprint density at radius 2 is 2.24 bits per heavy atom. The van der Waals surface area contributed by atoms with E-state index in [1.54, 1.807) is 4.08 Å². The summed E-state index contributed by atoms with van der Waals surface area (Å²) in [5.41, 5.74) is 0. The normalized spacial score (nSPS) is 20.4. The predicted molar refractivity (Wildman–Crippen MR) is 81.1 cm³/mol. The van der Waals surface area contributed by atoms with Gasteiger partial charge < -0.3 is 4.90 Å². The Balaban J connectivity index is 2.61. The summed E-state index contributed by atoms with van der Waals surface area (Å²) in [5.74, 6) is 1.03. The van der Waals surface area contributed by atoms with Gasteiger partial charge in [-0.05, 0) is 43.3 Å². The van der Waals surface area contributed by atoms with Gasteiger partial charge in [-0.15, -0.1) is 0 Å². The summed E-state index contributed by atoms with van der Waals surface area (Å²) < 4.78 is 1.75. The third-order valence-electron chi connectivity index (χ3n) is 2.94. The van der Waals surface area contributed by atoms with Crippen molar-refractivity contribution in [2.75, 3.05) is 20.1 Å². The Morgan fingerprint density at radius 3 is 2.71 bits per heavy atom. The molecule has 0 aromatic carbocycles. The molecule has 0 radical (unpaired) electrons. The molecule has 2 atom stereocenters. The summed E-state index contributed by atoms with van der Waals surface area (Å²) in [6.45, 7) is 8.79. The highest BCUT2D eigenvalue weighted by Crippen LogP contribution is 2.23. The molecule has 6 heteroatoms. The molecule has 0 aromatic rings. The molecule has 4 nitrogen and oxygen atoms in total. The lowest BCUT2D eigenvalue weighted by atomic mass is 10.1. The molecule has 0 aliphatic carbocycles. The number of hydrogen-bond donors (Lipinski definition) is 1. The van der Waals surface area contributed by atoms with E-state index in [2.05, 4.69) is 65.0 Å². The molecule has 0 fully saturated rings. The number of thiol groups is 1. The maximum atomic E-state index is 4.63. The molecule has 17 heavy (non-hydrogen) atoms. The van der Waals surface area contributed by atoms with E-state index in [4.69, 9.17) is 0 Å². The van der Waals surface area contributed by atoms with Crippen LogP contribution in [0.4, 0.5) is 0 Å². The largest absolute Gasteiger partial charge is 0.304 e. The summed E-state index contributed by atoms with van der Waals surface area (Å²) in [6, 6.07) is 0.905. The second kappa shape index (κ2) is 6.81. The molecule has 0 amide bonds. The molecule has 0 saturated heterocycles. The van der Waals surface area contributed by atoms with E-state index >= 15 is 0 Å². The first-order valence-electron chi connectivity index (χ1n) is 6.23. The van der Waals surface area contributed by atoms with Gasteiger partial charge in [0.15, 0.2) is 0 Å². The molecule has 1 aliphatic rings. The lowest BCUT2D eigenvalue weighted by Gasteiger charge is -2.30. The molecule has 0 N–H and O–H groups in total. The van der Waals surface area contributed by atoms with Gasteiger partial charge in [0.1, 0.15) is 5.84 Å². The van der Waals surface area contributed by atoms with Gasteiger partial charge in [-0.2, -0.15) is 5.10 Å². The molecule has 1 aliphatic heterocycles. The fourth-order valence-electron chi connectivity index (χ4n) is 2.22. The third-order valence-corrected chi connectivity index (χ3v) is 3.47. The summed E-state index contributed by atoms with van der Waals surface area (Å²) in [4.78, 5) is 2.38. The SMILES string of the molecule is CCCN(C)CC1CC(N(P)S)=NN1C(C)C. The van der Waals surface area contributed by atoms with Crippen molar-refractivity contribution in [3.8, 4) is 0 Å². The number of hydrazone groups is 1. The van der Waals surface area contributed by atoms with Gasteiger partial charge in [-0.1, -0.05) is 19.7 Å². The highest BCUT2D eigenvalue weighted by Gasteiger charge is 2.30. The van der Waals surface area contributed by atoms with Crippen molar-refractivity contribution in [1.82, 2.24) is 14.0 Å². The van der Waals surface area contributed by atoms with Crippen LogP contribution in [0.2, 0.25) is 0 Å². The average molecular weight is 276 g/mol. The fourth-order valence-corrected chi connectivity index (χ4v) is 2.50. The maximum absolute atomic E-state index is 4.63. The molecule has 0 aromatic heterocycles. The molecule has 1 rings (SSSR count). The highest BCUT2D eigenvalue weighted by molar-refractivity contribution is 7.82. The number of hydrogen-bond acceptors (Lipinski definition) is 5. The van der Waals surface area contributed by atoms with Gasteiger partial charge >= 0.3 is 0 Å². The van der Waals surface area contributed by atoms with E-state index in [0.29, 0.717) is 12.1 Å². The molecule has 0 bridgehead atoms. The second-order valence-corrected chi connectivity index (χ2v) is 6.34. The molecule has 1 heterocycles. The van der Waals surface area contributed by atoms with Crippen molar-refractivity contribution in [2.24, 2.45) is 5.10 Å². The maximum Gasteiger partial charge on any atom is 0.139 e. The Kier molecular flexibility index (Phi) is 6.04. The fraction of sp³-hybridized carbons (Fsp3) is 0.909. The number of likely N-dealkylation sites (N-methyl/N-ethyl adjacent to an activating group) is 1. The number of amidine groups is 1. The minimum atomic E-state index is 0.436. The molecular weight excluding hydrogens is 251 g/mol. The Labute approximate surface area is 113 Å².